The number of thioether (sulfide) groups is 1. The van der Waals surface area contributed by atoms with Gasteiger partial charge < -0.3 is 11.1 Å². The summed E-state index contributed by atoms with van der Waals surface area (Å²) in [5.41, 5.74) is 3.96. The number of halogens is 3. The first-order valence-electron chi connectivity index (χ1n) is 6.70. The monoisotopic (exact) mass is 318 g/mol. The van der Waals surface area contributed by atoms with Gasteiger partial charge >= 0.3 is 6.18 Å². The van der Waals surface area contributed by atoms with E-state index in [0.29, 0.717) is 12.5 Å². The highest BCUT2D eigenvalue weighted by molar-refractivity contribution is 7.99. The molecular weight excluding hydrogens is 301 g/mol. The Balaban J connectivity index is 2.02. The van der Waals surface area contributed by atoms with Crippen LogP contribution >= 0.6 is 11.8 Å². The molecule has 116 valence electrons. The Labute approximate surface area is 125 Å². The van der Waals surface area contributed by atoms with E-state index in [1.807, 2.05) is 11.8 Å². The molecule has 1 aromatic rings. The van der Waals surface area contributed by atoms with E-state index in [1.54, 1.807) is 0 Å². The second kappa shape index (κ2) is 6.60. The second-order valence-corrected chi connectivity index (χ2v) is 6.29. The van der Waals surface area contributed by atoms with Crippen LogP contribution in [0.3, 0.4) is 0 Å². The molecule has 0 aliphatic carbocycles. The number of rotatable bonds is 3. The number of carbonyl (C=O) groups is 1. The Kier molecular flexibility index (Phi) is 5.03. The van der Waals surface area contributed by atoms with Crippen molar-refractivity contribution >= 4 is 23.4 Å². The van der Waals surface area contributed by atoms with Gasteiger partial charge in [-0.25, -0.2) is 0 Å². The van der Waals surface area contributed by atoms with Gasteiger partial charge in [0.2, 0.25) is 0 Å². The van der Waals surface area contributed by atoms with Gasteiger partial charge in [0.25, 0.3) is 5.91 Å². The zero-order valence-electron chi connectivity index (χ0n) is 11.4. The molecule has 0 bridgehead atoms. The van der Waals surface area contributed by atoms with Crippen LogP contribution in [-0.4, -0.2) is 24.0 Å². The minimum Gasteiger partial charge on any atom is -0.398 e. The van der Waals surface area contributed by atoms with Crippen LogP contribution in [0.4, 0.5) is 18.9 Å². The molecule has 2 rings (SSSR count). The Hall–Kier alpha value is -1.37. The molecule has 1 aromatic carbocycles. The number of nitrogens with one attached hydrogen (secondary N) is 1. The first kappa shape index (κ1) is 16.0. The van der Waals surface area contributed by atoms with Crippen LogP contribution < -0.4 is 11.1 Å². The molecule has 3 nitrogen and oxygen atoms in total. The first-order valence-corrected chi connectivity index (χ1v) is 7.86. The number of amides is 1. The lowest BCUT2D eigenvalue weighted by molar-refractivity contribution is -0.136. The molecule has 1 fully saturated rings. The van der Waals surface area contributed by atoms with E-state index in [1.165, 1.54) is 6.07 Å². The molecule has 1 saturated heterocycles. The van der Waals surface area contributed by atoms with Crippen molar-refractivity contribution in [1.29, 1.82) is 0 Å². The van der Waals surface area contributed by atoms with Gasteiger partial charge in [-0.15, -0.1) is 0 Å². The number of hydrogen-bond donors (Lipinski definition) is 2. The molecule has 1 heterocycles. The maximum Gasteiger partial charge on any atom is 0.418 e. The van der Waals surface area contributed by atoms with E-state index in [2.05, 4.69) is 5.32 Å². The van der Waals surface area contributed by atoms with E-state index >= 15 is 0 Å². The van der Waals surface area contributed by atoms with Crippen LogP contribution in [0.1, 0.15) is 28.8 Å². The van der Waals surface area contributed by atoms with Crippen LogP contribution in [0, 0.1) is 5.92 Å². The fourth-order valence-corrected chi connectivity index (χ4v) is 3.44. The maximum absolute atomic E-state index is 12.8. The largest absolute Gasteiger partial charge is 0.418 e. The summed E-state index contributed by atoms with van der Waals surface area (Å²) in [4.78, 5) is 12.0. The molecule has 0 aromatic heterocycles. The Morgan fingerprint density at radius 2 is 2.00 bits per heavy atom. The summed E-state index contributed by atoms with van der Waals surface area (Å²) in [6, 6.07) is 3.24. The minimum absolute atomic E-state index is 0.0123. The van der Waals surface area contributed by atoms with Gasteiger partial charge in [0.05, 0.1) is 5.56 Å². The standard InChI is InChI=1S/C14H17F3N2OS/c15-14(16,17)11-7-10(1-2-12(11)18)13(20)19-8-9-3-5-21-6-4-9/h1-2,7,9H,3-6,8,18H2,(H,19,20). The van der Waals surface area contributed by atoms with Gasteiger partial charge in [-0.2, -0.15) is 24.9 Å². The predicted molar refractivity (Wildman–Crippen MR) is 78.2 cm³/mol. The normalized spacial score (nSPS) is 16.7. The average Bonchev–Trinajstić information content (AvgIpc) is 2.45. The number of hydrogen-bond acceptors (Lipinski definition) is 3. The topological polar surface area (TPSA) is 55.1 Å². The SMILES string of the molecule is Nc1ccc(C(=O)NCC2CCSCC2)cc1C(F)(F)F. The van der Waals surface area contributed by atoms with E-state index in [9.17, 15) is 18.0 Å². The zero-order valence-corrected chi connectivity index (χ0v) is 12.2. The first-order chi connectivity index (χ1) is 9.88. The van der Waals surface area contributed by atoms with Crippen molar-refractivity contribution in [3.8, 4) is 0 Å². The summed E-state index contributed by atoms with van der Waals surface area (Å²) in [6.45, 7) is 0.505. The third kappa shape index (κ3) is 4.30. The summed E-state index contributed by atoms with van der Waals surface area (Å²) < 4.78 is 38.3. The molecule has 0 radical (unpaired) electrons. The van der Waals surface area contributed by atoms with Crippen molar-refractivity contribution in [2.24, 2.45) is 5.92 Å². The number of carbonyl (C=O) groups excluding carboxylic acids is 1. The second-order valence-electron chi connectivity index (χ2n) is 5.07. The Morgan fingerprint density at radius 1 is 1.33 bits per heavy atom. The van der Waals surface area contributed by atoms with Gasteiger partial charge in [0, 0.05) is 17.8 Å². The molecule has 1 amide bonds. The minimum atomic E-state index is -4.55. The fourth-order valence-electron chi connectivity index (χ4n) is 2.23. The summed E-state index contributed by atoms with van der Waals surface area (Å²) in [5, 5.41) is 2.71. The number of alkyl halides is 3. The molecular formula is C14H17F3N2OS. The number of anilines is 1. The van der Waals surface area contributed by atoms with E-state index < -0.39 is 17.6 Å². The molecule has 7 heteroatoms. The third-order valence-corrected chi connectivity index (χ3v) is 4.56. The molecule has 21 heavy (non-hydrogen) atoms. The van der Waals surface area contributed by atoms with E-state index in [4.69, 9.17) is 5.73 Å². The van der Waals surface area contributed by atoms with Gasteiger partial charge in [-0.1, -0.05) is 0 Å². The van der Waals surface area contributed by atoms with Crippen molar-refractivity contribution in [3.05, 3.63) is 29.3 Å². The highest BCUT2D eigenvalue weighted by Crippen LogP contribution is 2.34. The number of nitrogen functional groups attached to an aromatic ring is 1. The summed E-state index contributed by atoms with van der Waals surface area (Å²) in [5.74, 6) is 2.06. The van der Waals surface area contributed by atoms with Crippen LogP contribution in [0.25, 0.3) is 0 Å². The van der Waals surface area contributed by atoms with Crippen molar-refractivity contribution < 1.29 is 18.0 Å². The summed E-state index contributed by atoms with van der Waals surface area (Å²) in [7, 11) is 0. The zero-order chi connectivity index (χ0) is 15.5. The summed E-state index contributed by atoms with van der Waals surface area (Å²) >= 11 is 1.88. The maximum atomic E-state index is 12.8. The average molecular weight is 318 g/mol. The van der Waals surface area contributed by atoms with Gasteiger partial charge in [0.1, 0.15) is 0 Å². The molecule has 0 saturated carbocycles. The smallest absolute Gasteiger partial charge is 0.398 e. The van der Waals surface area contributed by atoms with E-state index in [-0.39, 0.29) is 11.3 Å². The lowest BCUT2D eigenvalue weighted by Crippen LogP contribution is -2.31. The van der Waals surface area contributed by atoms with Crippen molar-refractivity contribution in [1.82, 2.24) is 5.32 Å². The Morgan fingerprint density at radius 3 is 2.62 bits per heavy atom. The molecule has 3 N–H and O–H groups in total. The van der Waals surface area contributed by atoms with Gasteiger partial charge in [-0.3, -0.25) is 4.79 Å². The highest BCUT2D eigenvalue weighted by atomic mass is 32.2. The Bertz CT molecular complexity index is 513. The van der Waals surface area contributed by atoms with Crippen LogP contribution in [-0.2, 0) is 6.18 Å². The lowest BCUT2D eigenvalue weighted by Gasteiger charge is -2.21. The quantitative estimate of drug-likeness (QED) is 0.842. The lowest BCUT2D eigenvalue weighted by atomic mass is 10.0. The molecule has 1 aliphatic rings. The predicted octanol–water partition coefficient (Wildman–Crippen LogP) is 3.16. The molecule has 0 atom stereocenters. The van der Waals surface area contributed by atoms with Gasteiger partial charge in [0.15, 0.2) is 0 Å². The highest BCUT2D eigenvalue weighted by Gasteiger charge is 2.33. The van der Waals surface area contributed by atoms with Crippen molar-refractivity contribution in [2.75, 3.05) is 23.8 Å². The van der Waals surface area contributed by atoms with E-state index in [0.717, 1.165) is 36.5 Å². The number of benzene rings is 1. The summed E-state index contributed by atoms with van der Waals surface area (Å²) in [6.07, 6.45) is -2.50. The fraction of sp³-hybridized carbons (Fsp3) is 0.500. The van der Waals surface area contributed by atoms with Crippen molar-refractivity contribution in [3.63, 3.8) is 0 Å². The molecule has 0 unspecified atom stereocenters. The van der Waals surface area contributed by atoms with Gasteiger partial charge in [-0.05, 0) is 48.5 Å². The third-order valence-electron chi connectivity index (χ3n) is 3.51. The van der Waals surface area contributed by atoms with Crippen LogP contribution in [0.15, 0.2) is 18.2 Å². The van der Waals surface area contributed by atoms with Crippen LogP contribution in [0.2, 0.25) is 0 Å². The van der Waals surface area contributed by atoms with Crippen LogP contribution in [0.5, 0.6) is 0 Å². The molecule has 0 spiro atoms. The van der Waals surface area contributed by atoms with Crippen molar-refractivity contribution in [2.45, 2.75) is 19.0 Å². The number of nitrogens with two attached hydrogens (primary N) is 1. The molecule has 1 aliphatic heterocycles.